The van der Waals surface area contributed by atoms with Crippen LogP contribution in [0.4, 0.5) is 0 Å². The number of carbonyl (C=O) groups is 1. The van der Waals surface area contributed by atoms with E-state index < -0.39 is 0 Å². The normalized spacial score (nSPS) is 17.9. The second-order valence-electron chi connectivity index (χ2n) is 7.11. The first-order valence-electron chi connectivity index (χ1n) is 9.41. The Bertz CT molecular complexity index is 793. The summed E-state index contributed by atoms with van der Waals surface area (Å²) in [6.07, 6.45) is 7.12. The van der Waals surface area contributed by atoms with E-state index in [1.54, 1.807) is 0 Å². The molecule has 5 nitrogen and oxygen atoms in total. The Morgan fingerprint density at radius 3 is 2.52 bits per heavy atom. The minimum Gasteiger partial charge on any atom is -0.469 e. The SMILES string of the molecule is COC(=O)CC1CCN(C2=CC=C(c3ccc(CN)cc3)C(=C=O)C2)CC1. The first kappa shape index (κ1) is 19.2. The van der Waals surface area contributed by atoms with E-state index in [-0.39, 0.29) is 5.97 Å². The van der Waals surface area contributed by atoms with Gasteiger partial charge in [0, 0.05) is 43.7 Å². The summed E-state index contributed by atoms with van der Waals surface area (Å²) in [6, 6.07) is 7.98. The third-order valence-electron chi connectivity index (χ3n) is 5.45. The maximum Gasteiger partial charge on any atom is 0.305 e. The zero-order chi connectivity index (χ0) is 19.2. The van der Waals surface area contributed by atoms with Gasteiger partial charge in [-0.25, -0.2) is 4.79 Å². The van der Waals surface area contributed by atoms with Crippen molar-refractivity contribution in [2.24, 2.45) is 11.7 Å². The molecule has 5 heteroatoms. The van der Waals surface area contributed by atoms with Crippen molar-refractivity contribution >= 4 is 17.5 Å². The zero-order valence-electron chi connectivity index (χ0n) is 15.7. The summed E-state index contributed by atoms with van der Waals surface area (Å²) in [5.74, 6) is 2.38. The maximum absolute atomic E-state index is 11.6. The molecule has 0 saturated carbocycles. The molecule has 1 aliphatic heterocycles. The standard InChI is InChI=1S/C22H26N2O3/c1-27-22(26)12-16-8-10-24(11-9-16)20-6-7-21(19(13-20)15-25)18-4-2-17(14-23)3-5-18/h2-7,16H,8-14,23H2,1H3. The number of piperidine rings is 1. The largest absolute Gasteiger partial charge is 0.469 e. The molecule has 27 heavy (non-hydrogen) atoms. The average Bonchev–Trinajstić information content (AvgIpc) is 2.73. The minimum absolute atomic E-state index is 0.135. The molecule has 2 N–H and O–H groups in total. The van der Waals surface area contributed by atoms with Crippen molar-refractivity contribution in [3.05, 3.63) is 58.8 Å². The molecule has 1 aromatic carbocycles. The Morgan fingerprint density at radius 2 is 1.93 bits per heavy atom. The van der Waals surface area contributed by atoms with Gasteiger partial charge in [0.25, 0.3) is 0 Å². The van der Waals surface area contributed by atoms with E-state index in [1.807, 2.05) is 30.3 Å². The van der Waals surface area contributed by atoms with Crippen molar-refractivity contribution in [3.63, 3.8) is 0 Å². The molecule has 0 radical (unpaired) electrons. The van der Waals surface area contributed by atoms with E-state index in [2.05, 4.69) is 16.9 Å². The van der Waals surface area contributed by atoms with Gasteiger partial charge in [-0.1, -0.05) is 30.3 Å². The van der Waals surface area contributed by atoms with Crippen LogP contribution in [0.3, 0.4) is 0 Å². The maximum atomic E-state index is 11.6. The number of likely N-dealkylation sites (tertiary alicyclic amines) is 1. The number of carbonyl (C=O) groups excluding carboxylic acids is 2. The number of ether oxygens (including phenoxy) is 1. The van der Waals surface area contributed by atoms with Crippen LogP contribution >= 0.6 is 0 Å². The number of allylic oxidation sites excluding steroid dienone is 4. The Hall–Kier alpha value is -2.62. The van der Waals surface area contributed by atoms with Crippen LogP contribution in [-0.4, -0.2) is 37.0 Å². The fourth-order valence-corrected chi connectivity index (χ4v) is 3.76. The van der Waals surface area contributed by atoms with Crippen LogP contribution in [-0.2, 0) is 20.9 Å². The first-order valence-corrected chi connectivity index (χ1v) is 9.41. The minimum atomic E-state index is -0.135. The molecular weight excluding hydrogens is 340 g/mol. The Kier molecular flexibility index (Phi) is 6.28. The predicted molar refractivity (Wildman–Crippen MR) is 105 cm³/mol. The third kappa shape index (κ3) is 4.57. The van der Waals surface area contributed by atoms with Gasteiger partial charge in [0.05, 0.1) is 7.11 Å². The zero-order valence-corrected chi connectivity index (χ0v) is 15.7. The van der Waals surface area contributed by atoms with Crippen molar-refractivity contribution in [1.29, 1.82) is 0 Å². The van der Waals surface area contributed by atoms with E-state index in [4.69, 9.17) is 10.5 Å². The fourth-order valence-electron chi connectivity index (χ4n) is 3.76. The van der Waals surface area contributed by atoms with Crippen LogP contribution in [0.25, 0.3) is 5.57 Å². The molecule has 1 heterocycles. The molecule has 0 amide bonds. The summed E-state index contributed by atoms with van der Waals surface area (Å²) in [4.78, 5) is 25.3. The van der Waals surface area contributed by atoms with Gasteiger partial charge < -0.3 is 15.4 Å². The summed E-state index contributed by atoms with van der Waals surface area (Å²) >= 11 is 0. The van der Waals surface area contributed by atoms with Crippen LogP contribution in [0.15, 0.2) is 47.7 Å². The molecule has 1 aliphatic carbocycles. The summed E-state index contributed by atoms with van der Waals surface area (Å²) < 4.78 is 4.77. The number of nitrogens with zero attached hydrogens (tertiary/aromatic N) is 1. The first-order chi connectivity index (χ1) is 13.1. The van der Waals surface area contributed by atoms with Gasteiger partial charge in [0.1, 0.15) is 5.94 Å². The molecule has 0 unspecified atom stereocenters. The van der Waals surface area contributed by atoms with Gasteiger partial charge in [-0.05, 0) is 41.5 Å². The number of rotatable bonds is 5. The van der Waals surface area contributed by atoms with E-state index >= 15 is 0 Å². The van der Waals surface area contributed by atoms with Crippen LogP contribution in [0.1, 0.15) is 36.8 Å². The number of esters is 1. The predicted octanol–water partition coefficient (Wildman–Crippen LogP) is 2.85. The second-order valence-corrected chi connectivity index (χ2v) is 7.11. The van der Waals surface area contributed by atoms with Crippen molar-refractivity contribution in [3.8, 4) is 0 Å². The van der Waals surface area contributed by atoms with Crippen LogP contribution in [0, 0.1) is 5.92 Å². The highest BCUT2D eigenvalue weighted by molar-refractivity contribution is 5.89. The summed E-state index contributed by atoms with van der Waals surface area (Å²) in [5.41, 5.74) is 10.5. The number of benzene rings is 1. The number of nitrogens with two attached hydrogens (primary N) is 1. The third-order valence-corrected chi connectivity index (χ3v) is 5.45. The van der Waals surface area contributed by atoms with Gasteiger partial charge in [-0.15, -0.1) is 0 Å². The Morgan fingerprint density at radius 1 is 1.22 bits per heavy atom. The summed E-state index contributed by atoms with van der Waals surface area (Å²) in [7, 11) is 1.44. The van der Waals surface area contributed by atoms with Crippen LogP contribution in [0.2, 0.25) is 0 Å². The van der Waals surface area contributed by atoms with Crippen LogP contribution in [0.5, 0.6) is 0 Å². The van der Waals surface area contributed by atoms with Crippen LogP contribution < -0.4 is 5.73 Å². The second kappa shape index (κ2) is 8.85. The molecular formula is C22H26N2O3. The van der Waals surface area contributed by atoms with E-state index in [0.717, 1.165) is 48.3 Å². The lowest BCUT2D eigenvalue weighted by Gasteiger charge is -2.36. The number of methoxy groups -OCH3 is 1. The van der Waals surface area contributed by atoms with Crippen molar-refractivity contribution in [1.82, 2.24) is 4.90 Å². The molecule has 0 atom stereocenters. The lowest BCUT2D eigenvalue weighted by atomic mass is 9.89. The molecule has 1 aromatic rings. The Balaban J connectivity index is 1.70. The van der Waals surface area contributed by atoms with E-state index in [0.29, 0.717) is 30.9 Å². The highest BCUT2D eigenvalue weighted by Gasteiger charge is 2.25. The van der Waals surface area contributed by atoms with Crippen molar-refractivity contribution in [2.75, 3.05) is 20.2 Å². The van der Waals surface area contributed by atoms with Gasteiger partial charge in [0.2, 0.25) is 0 Å². The Labute approximate surface area is 160 Å². The number of hydrogen-bond acceptors (Lipinski definition) is 5. The average molecular weight is 366 g/mol. The van der Waals surface area contributed by atoms with E-state index in [1.165, 1.54) is 7.11 Å². The molecule has 0 aromatic heterocycles. The van der Waals surface area contributed by atoms with Gasteiger partial charge in [-0.3, -0.25) is 4.79 Å². The van der Waals surface area contributed by atoms with E-state index in [9.17, 15) is 9.59 Å². The molecule has 142 valence electrons. The lowest BCUT2D eigenvalue weighted by Crippen LogP contribution is -2.34. The molecule has 0 bridgehead atoms. The van der Waals surface area contributed by atoms with Gasteiger partial charge in [-0.2, -0.15) is 0 Å². The summed E-state index contributed by atoms with van der Waals surface area (Å²) in [6.45, 7) is 2.30. The molecule has 1 saturated heterocycles. The number of hydrogen-bond donors (Lipinski definition) is 1. The van der Waals surface area contributed by atoms with Crippen molar-refractivity contribution in [2.45, 2.75) is 32.2 Å². The van der Waals surface area contributed by atoms with Gasteiger partial charge in [0.15, 0.2) is 0 Å². The monoisotopic (exact) mass is 366 g/mol. The molecule has 0 spiro atoms. The molecule has 2 aliphatic rings. The van der Waals surface area contributed by atoms with Gasteiger partial charge >= 0.3 is 5.97 Å². The smallest absolute Gasteiger partial charge is 0.305 e. The summed E-state index contributed by atoms with van der Waals surface area (Å²) in [5, 5.41) is 0. The lowest BCUT2D eigenvalue weighted by molar-refractivity contribution is -0.142. The van der Waals surface area contributed by atoms with Crippen molar-refractivity contribution < 1.29 is 14.3 Å². The fraction of sp³-hybridized carbons (Fsp3) is 0.409. The highest BCUT2D eigenvalue weighted by Crippen LogP contribution is 2.34. The molecule has 1 fully saturated rings. The quantitative estimate of drug-likeness (QED) is 0.641. The highest BCUT2D eigenvalue weighted by atomic mass is 16.5. The topological polar surface area (TPSA) is 72.6 Å². The molecule has 3 rings (SSSR count).